The summed E-state index contributed by atoms with van der Waals surface area (Å²) in [6, 6.07) is 7.78. The molecule has 6 heteroatoms. The second-order valence-electron chi connectivity index (χ2n) is 8.40. The molecule has 1 amide bonds. The van der Waals surface area contributed by atoms with Crippen molar-refractivity contribution in [2.75, 3.05) is 25.9 Å². The third kappa shape index (κ3) is 6.76. The molecule has 27 heavy (non-hydrogen) atoms. The van der Waals surface area contributed by atoms with Crippen LogP contribution in [-0.2, 0) is 6.54 Å². The minimum absolute atomic E-state index is 0.0402. The largest absolute Gasteiger partial charge is 0.352 e. The molecule has 0 aliphatic carbocycles. The monoisotopic (exact) mass is 390 g/mol. The van der Waals surface area contributed by atoms with Crippen molar-refractivity contribution >= 4 is 23.6 Å². The number of aliphatic imine (C=N–C) groups is 1. The zero-order chi connectivity index (χ0) is 20.0. The highest BCUT2D eigenvalue weighted by Crippen LogP contribution is 2.24. The van der Waals surface area contributed by atoms with Crippen LogP contribution in [0.15, 0.2) is 29.3 Å². The second kappa shape index (κ2) is 9.49. The first-order valence-corrected chi connectivity index (χ1v) is 10.7. The van der Waals surface area contributed by atoms with E-state index in [0.717, 1.165) is 30.4 Å². The zero-order valence-electron chi connectivity index (χ0n) is 17.5. The zero-order valence-corrected chi connectivity index (χ0v) is 18.3. The van der Waals surface area contributed by atoms with Crippen molar-refractivity contribution in [1.82, 2.24) is 15.5 Å². The molecule has 1 aromatic carbocycles. The van der Waals surface area contributed by atoms with E-state index in [0.29, 0.717) is 23.3 Å². The highest BCUT2D eigenvalue weighted by atomic mass is 32.2. The lowest BCUT2D eigenvalue weighted by molar-refractivity contribution is 0.0919. The van der Waals surface area contributed by atoms with Gasteiger partial charge in [-0.3, -0.25) is 9.79 Å². The summed E-state index contributed by atoms with van der Waals surface area (Å²) in [6.07, 6.45) is 0. The van der Waals surface area contributed by atoms with E-state index in [1.54, 1.807) is 0 Å². The van der Waals surface area contributed by atoms with Crippen LogP contribution in [0.4, 0.5) is 0 Å². The molecule has 1 aliphatic rings. The highest BCUT2D eigenvalue weighted by Gasteiger charge is 2.24. The maximum atomic E-state index is 12.4. The van der Waals surface area contributed by atoms with Crippen molar-refractivity contribution < 1.29 is 4.79 Å². The number of guanidine groups is 1. The molecule has 5 nitrogen and oxygen atoms in total. The average Bonchev–Trinajstić information content (AvgIpc) is 2.61. The molecule has 0 bridgehead atoms. The topological polar surface area (TPSA) is 56.7 Å². The van der Waals surface area contributed by atoms with Crippen LogP contribution in [0.5, 0.6) is 0 Å². The van der Waals surface area contributed by atoms with Gasteiger partial charge in [0.05, 0.1) is 0 Å². The molecule has 1 aliphatic heterocycles. The lowest BCUT2D eigenvalue weighted by atomic mass is 10.1. The summed E-state index contributed by atoms with van der Waals surface area (Å²) in [4.78, 5) is 19.2. The first-order chi connectivity index (χ1) is 12.7. The molecule has 0 radical (unpaired) electrons. The quantitative estimate of drug-likeness (QED) is 0.611. The van der Waals surface area contributed by atoms with Gasteiger partial charge in [-0.15, -0.1) is 0 Å². The van der Waals surface area contributed by atoms with E-state index in [1.165, 1.54) is 0 Å². The van der Waals surface area contributed by atoms with Gasteiger partial charge in [-0.1, -0.05) is 26.0 Å². The Hall–Kier alpha value is -1.69. The van der Waals surface area contributed by atoms with Gasteiger partial charge in [0.15, 0.2) is 5.96 Å². The SMILES string of the molecule is CN=C(NCc1cccc(C(=O)NC(C)(C)C)c1)N1CCSC(C(C)C)C1. The van der Waals surface area contributed by atoms with Crippen molar-refractivity contribution in [3.8, 4) is 0 Å². The number of carbonyl (C=O) groups excluding carboxylic acids is 1. The maximum absolute atomic E-state index is 12.4. The molecular formula is C21H34N4OS. The Balaban J connectivity index is 1.98. The molecule has 1 atom stereocenters. The molecule has 1 unspecified atom stereocenters. The van der Waals surface area contributed by atoms with Gasteiger partial charge in [0, 0.05) is 48.8 Å². The summed E-state index contributed by atoms with van der Waals surface area (Å²) in [7, 11) is 1.83. The number of thioether (sulfide) groups is 1. The molecule has 0 spiro atoms. The van der Waals surface area contributed by atoms with Crippen LogP contribution < -0.4 is 10.6 Å². The molecule has 1 aromatic rings. The first-order valence-electron chi connectivity index (χ1n) is 9.68. The van der Waals surface area contributed by atoms with Crippen molar-refractivity contribution in [2.45, 2.75) is 52.0 Å². The van der Waals surface area contributed by atoms with E-state index in [4.69, 9.17) is 0 Å². The fraction of sp³-hybridized carbons (Fsp3) is 0.619. The van der Waals surface area contributed by atoms with Gasteiger partial charge in [0.25, 0.3) is 5.91 Å². The van der Waals surface area contributed by atoms with E-state index < -0.39 is 0 Å². The van der Waals surface area contributed by atoms with E-state index in [-0.39, 0.29) is 11.4 Å². The van der Waals surface area contributed by atoms with Gasteiger partial charge in [-0.2, -0.15) is 11.8 Å². The van der Waals surface area contributed by atoms with Crippen LogP contribution in [0.1, 0.15) is 50.5 Å². The van der Waals surface area contributed by atoms with Crippen molar-refractivity contribution in [3.05, 3.63) is 35.4 Å². The lowest BCUT2D eigenvalue weighted by Gasteiger charge is -2.36. The Bertz CT molecular complexity index is 666. The van der Waals surface area contributed by atoms with E-state index in [9.17, 15) is 4.79 Å². The smallest absolute Gasteiger partial charge is 0.251 e. The average molecular weight is 391 g/mol. The van der Waals surface area contributed by atoms with Gasteiger partial charge >= 0.3 is 0 Å². The molecule has 150 valence electrons. The Morgan fingerprint density at radius 1 is 1.37 bits per heavy atom. The molecule has 2 N–H and O–H groups in total. The summed E-state index contributed by atoms with van der Waals surface area (Å²) in [5, 5.41) is 7.12. The molecule has 1 saturated heterocycles. The molecular weight excluding hydrogens is 356 g/mol. The third-order valence-corrected chi connectivity index (χ3v) is 6.02. The minimum atomic E-state index is -0.243. The van der Waals surface area contributed by atoms with Gasteiger partial charge in [-0.25, -0.2) is 0 Å². The fourth-order valence-electron chi connectivity index (χ4n) is 3.02. The number of benzene rings is 1. The molecule has 0 aromatic heterocycles. The summed E-state index contributed by atoms with van der Waals surface area (Å²) in [5.41, 5.74) is 1.52. The standard InChI is InChI=1S/C21H34N4OS/c1-15(2)18-14-25(10-11-27-18)20(22-6)23-13-16-8-7-9-17(12-16)19(26)24-21(3,4)5/h7-9,12,15,18H,10-11,13-14H2,1-6H3,(H,22,23)(H,24,26). The number of hydrogen-bond acceptors (Lipinski definition) is 3. The van der Waals surface area contributed by atoms with Crippen LogP contribution in [-0.4, -0.2) is 53.4 Å². The van der Waals surface area contributed by atoms with Crippen LogP contribution >= 0.6 is 11.8 Å². The molecule has 1 heterocycles. The van der Waals surface area contributed by atoms with Gasteiger partial charge in [0.1, 0.15) is 0 Å². The Kier molecular flexibility index (Phi) is 7.59. The van der Waals surface area contributed by atoms with Gasteiger partial charge < -0.3 is 15.5 Å². The third-order valence-electron chi connectivity index (χ3n) is 4.48. The lowest BCUT2D eigenvalue weighted by Crippen LogP contribution is -2.48. The van der Waals surface area contributed by atoms with Crippen molar-refractivity contribution in [2.24, 2.45) is 10.9 Å². The van der Waals surface area contributed by atoms with Crippen LogP contribution in [0, 0.1) is 5.92 Å². The van der Waals surface area contributed by atoms with Crippen LogP contribution in [0.25, 0.3) is 0 Å². The second-order valence-corrected chi connectivity index (χ2v) is 9.75. The number of nitrogens with zero attached hydrogens (tertiary/aromatic N) is 2. The summed E-state index contributed by atoms with van der Waals surface area (Å²) in [6.45, 7) is 13.2. The number of hydrogen-bond donors (Lipinski definition) is 2. The summed E-state index contributed by atoms with van der Waals surface area (Å²) in [5.74, 6) is 2.69. The molecule has 0 saturated carbocycles. The first kappa shape index (κ1) is 21.6. The van der Waals surface area contributed by atoms with Crippen LogP contribution in [0.3, 0.4) is 0 Å². The number of amides is 1. The Morgan fingerprint density at radius 3 is 2.74 bits per heavy atom. The predicted molar refractivity (Wildman–Crippen MR) is 117 cm³/mol. The highest BCUT2D eigenvalue weighted by molar-refractivity contribution is 8.00. The maximum Gasteiger partial charge on any atom is 0.251 e. The predicted octanol–water partition coefficient (Wildman–Crippen LogP) is 3.36. The minimum Gasteiger partial charge on any atom is -0.352 e. The normalized spacial score (nSPS) is 18.6. The Morgan fingerprint density at radius 2 is 2.11 bits per heavy atom. The number of carbonyl (C=O) groups is 1. The fourth-order valence-corrected chi connectivity index (χ4v) is 4.32. The molecule has 1 fully saturated rings. The van der Waals surface area contributed by atoms with E-state index in [1.807, 2.05) is 52.1 Å². The molecule has 2 rings (SSSR count). The van der Waals surface area contributed by atoms with Gasteiger partial charge in [-0.05, 0) is 44.4 Å². The number of rotatable bonds is 4. The summed E-state index contributed by atoms with van der Waals surface area (Å²) < 4.78 is 0. The number of nitrogens with one attached hydrogen (secondary N) is 2. The Labute approximate surface area is 168 Å². The van der Waals surface area contributed by atoms with Crippen molar-refractivity contribution in [3.63, 3.8) is 0 Å². The van der Waals surface area contributed by atoms with Crippen molar-refractivity contribution in [1.29, 1.82) is 0 Å². The van der Waals surface area contributed by atoms with E-state index in [2.05, 4.69) is 46.1 Å². The summed E-state index contributed by atoms with van der Waals surface area (Å²) >= 11 is 2.06. The van der Waals surface area contributed by atoms with E-state index >= 15 is 0 Å². The van der Waals surface area contributed by atoms with Gasteiger partial charge in [0.2, 0.25) is 0 Å². The van der Waals surface area contributed by atoms with Crippen LogP contribution in [0.2, 0.25) is 0 Å².